The van der Waals surface area contributed by atoms with Gasteiger partial charge in [0.15, 0.2) is 0 Å². The molecule has 3 heteroatoms. The quantitative estimate of drug-likeness (QED) is 0.528. The highest BCUT2D eigenvalue weighted by Gasteiger charge is 2.00. The van der Waals surface area contributed by atoms with Gasteiger partial charge in [0.05, 0.1) is 11.2 Å². The molecule has 0 fully saturated rings. The van der Waals surface area contributed by atoms with Crippen molar-refractivity contribution in [3.05, 3.63) is 18.1 Å². The molecule has 0 radical (unpaired) electrons. The molecular weight excluding hydrogens is 176 g/mol. The molecule has 1 heterocycles. The molecule has 0 aromatic carbocycles. The summed E-state index contributed by atoms with van der Waals surface area (Å²) in [4.78, 5) is 1.25. The zero-order chi connectivity index (χ0) is 8.10. The zero-order valence-corrected chi connectivity index (χ0v) is 8.43. The molecule has 0 saturated carbocycles. The van der Waals surface area contributed by atoms with Crippen molar-refractivity contribution in [1.29, 1.82) is 0 Å². The van der Waals surface area contributed by atoms with E-state index in [1.54, 1.807) is 17.1 Å². The van der Waals surface area contributed by atoms with Crippen LogP contribution in [0.4, 0.5) is 0 Å². The van der Waals surface area contributed by atoms with E-state index in [1.165, 1.54) is 17.1 Å². The number of furan rings is 1. The predicted octanol–water partition coefficient (Wildman–Crippen LogP) is 3.74. The molecular formula is C8H12OS2. The van der Waals surface area contributed by atoms with Crippen LogP contribution in [0.1, 0.15) is 19.1 Å². The molecule has 0 aliphatic heterocycles. The summed E-state index contributed by atoms with van der Waals surface area (Å²) in [6.07, 6.45) is 2.97. The number of hydrogen-bond acceptors (Lipinski definition) is 3. The Labute approximate surface area is 75.3 Å². The second kappa shape index (κ2) is 4.78. The Kier molecular flexibility index (Phi) is 3.94. The maximum Gasteiger partial charge on any atom is 0.115 e. The number of rotatable bonds is 4. The maximum atomic E-state index is 5.16. The second-order valence-corrected chi connectivity index (χ2v) is 4.70. The van der Waals surface area contributed by atoms with Crippen molar-refractivity contribution >= 4 is 21.6 Å². The first-order valence-electron chi connectivity index (χ1n) is 3.68. The summed E-state index contributed by atoms with van der Waals surface area (Å²) >= 11 is 0. The molecule has 11 heavy (non-hydrogen) atoms. The lowest BCUT2D eigenvalue weighted by Crippen LogP contribution is -1.69. The predicted molar refractivity (Wildman–Crippen MR) is 52.1 cm³/mol. The Hall–Kier alpha value is -0.0200. The van der Waals surface area contributed by atoms with E-state index in [0.29, 0.717) is 0 Å². The first kappa shape index (κ1) is 9.07. The normalized spacial score (nSPS) is 10.4. The van der Waals surface area contributed by atoms with Crippen LogP contribution in [0.3, 0.4) is 0 Å². The van der Waals surface area contributed by atoms with E-state index >= 15 is 0 Å². The molecule has 0 aliphatic carbocycles. The molecule has 62 valence electrons. The van der Waals surface area contributed by atoms with E-state index in [0.717, 1.165) is 5.76 Å². The van der Waals surface area contributed by atoms with Gasteiger partial charge in [-0.05, 0) is 19.4 Å². The molecule has 0 amide bonds. The van der Waals surface area contributed by atoms with Crippen molar-refractivity contribution in [2.24, 2.45) is 0 Å². The van der Waals surface area contributed by atoms with Gasteiger partial charge in [0.2, 0.25) is 0 Å². The standard InChI is InChI=1S/C8H12OS2/c1-3-6-10-11-8-4-5-9-7(8)2/h4-5H,3,6H2,1-2H3. The zero-order valence-electron chi connectivity index (χ0n) is 6.79. The Bertz CT molecular complexity index is 208. The lowest BCUT2D eigenvalue weighted by atomic mass is 10.5. The highest BCUT2D eigenvalue weighted by molar-refractivity contribution is 8.76. The minimum absolute atomic E-state index is 1.03. The largest absolute Gasteiger partial charge is 0.468 e. The van der Waals surface area contributed by atoms with Crippen LogP contribution >= 0.6 is 21.6 Å². The molecule has 1 rings (SSSR count). The fraction of sp³-hybridized carbons (Fsp3) is 0.500. The Balaban J connectivity index is 2.32. The van der Waals surface area contributed by atoms with Gasteiger partial charge in [-0.15, -0.1) is 0 Å². The highest BCUT2D eigenvalue weighted by Crippen LogP contribution is 2.33. The molecule has 0 aliphatic rings. The fourth-order valence-corrected chi connectivity index (χ4v) is 2.95. The van der Waals surface area contributed by atoms with Gasteiger partial charge in [-0.3, -0.25) is 0 Å². The molecule has 0 unspecified atom stereocenters. The van der Waals surface area contributed by atoms with Gasteiger partial charge in [0.1, 0.15) is 5.76 Å². The molecule has 1 aromatic rings. The van der Waals surface area contributed by atoms with Crippen molar-refractivity contribution in [1.82, 2.24) is 0 Å². The summed E-state index contributed by atoms with van der Waals surface area (Å²) in [5.41, 5.74) is 0. The molecule has 1 nitrogen and oxygen atoms in total. The van der Waals surface area contributed by atoms with Gasteiger partial charge in [0, 0.05) is 5.75 Å². The van der Waals surface area contributed by atoms with Gasteiger partial charge >= 0.3 is 0 Å². The van der Waals surface area contributed by atoms with Crippen LogP contribution in [0.15, 0.2) is 21.6 Å². The van der Waals surface area contributed by atoms with Gasteiger partial charge in [-0.1, -0.05) is 28.5 Å². The summed E-state index contributed by atoms with van der Waals surface area (Å²) < 4.78 is 5.16. The maximum absolute atomic E-state index is 5.16. The van der Waals surface area contributed by atoms with Crippen LogP contribution in [-0.4, -0.2) is 5.75 Å². The highest BCUT2D eigenvalue weighted by atomic mass is 33.1. The van der Waals surface area contributed by atoms with E-state index in [4.69, 9.17) is 4.42 Å². The summed E-state index contributed by atoms with van der Waals surface area (Å²) in [7, 11) is 3.68. The van der Waals surface area contributed by atoms with Gasteiger partial charge in [-0.25, -0.2) is 0 Å². The molecule has 1 aromatic heterocycles. The molecule has 0 atom stereocenters. The lowest BCUT2D eigenvalue weighted by Gasteiger charge is -1.95. The van der Waals surface area contributed by atoms with E-state index in [1.807, 2.05) is 23.8 Å². The summed E-state index contributed by atoms with van der Waals surface area (Å²) in [5.74, 6) is 2.23. The van der Waals surface area contributed by atoms with E-state index in [2.05, 4.69) is 6.92 Å². The summed E-state index contributed by atoms with van der Waals surface area (Å²) in [5, 5.41) is 0. The first-order valence-corrected chi connectivity index (χ1v) is 6.00. The number of hydrogen-bond donors (Lipinski definition) is 0. The van der Waals surface area contributed by atoms with E-state index in [9.17, 15) is 0 Å². The molecule has 0 spiro atoms. The van der Waals surface area contributed by atoms with Gasteiger partial charge < -0.3 is 4.42 Å². The third kappa shape index (κ3) is 2.83. The third-order valence-corrected chi connectivity index (χ3v) is 3.94. The van der Waals surface area contributed by atoms with Crippen molar-refractivity contribution in [2.75, 3.05) is 5.75 Å². The SMILES string of the molecule is CCCSSc1ccoc1C. The molecule has 0 N–H and O–H groups in total. The van der Waals surface area contributed by atoms with Crippen LogP contribution in [0.5, 0.6) is 0 Å². The topological polar surface area (TPSA) is 13.1 Å². The molecule has 0 saturated heterocycles. The van der Waals surface area contributed by atoms with Crippen molar-refractivity contribution in [2.45, 2.75) is 25.2 Å². The van der Waals surface area contributed by atoms with Crippen LogP contribution in [0.25, 0.3) is 0 Å². The van der Waals surface area contributed by atoms with Crippen LogP contribution in [0, 0.1) is 6.92 Å². The third-order valence-electron chi connectivity index (χ3n) is 1.25. The Morgan fingerprint density at radius 2 is 2.36 bits per heavy atom. The van der Waals surface area contributed by atoms with Crippen LogP contribution < -0.4 is 0 Å². The summed E-state index contributed by atoms with van der Waals surface area (Å²) in [6, 6.07) is 2.02. The van der Waals surface area contributed by atoms with Crippen LogP contribution in [0.2, 0.25) is 0 Å². The smallest absolute Gasteiger partial charge is 0.115 e. The average Bonchev–Trinajstić information content (AvgIpc) is 2.37. The van der Waals surface area contributed by atoms with Gasteiger partial charge in [0.25, 0.3) is 0 Å². The first-order chi connectivity index (χ1) is 5.34. The monoisotopic (exact) mass is 188 g/mol. The average molecular weight is 188 g/mol. The minimum Gasteiger partial charge on any atom is -0.468 e. The van der Waals surface area contributed by atoms with Crippen molar-refractivity contribution in [3.8, 4) is 0 Å². The van der Waals surface area contributed by atoms with Crippen molar-refractivity contribution < 1.29 is 4.42 Å². The Morgan fingerprint density at radius 3 is 2.91 bits per heavy atom. The minimum atomic E-state index is 1.03. The summed E-state index contributed by atoms with van der Waals surface area (Å²) in [6.45, 7) is 4.19. The fourth-order valence-electron chi connectivity index (χ4n) is 0.648. The van der Waals surface area contributed by atoms with Crippen molar-refractivity contribution in [3.63, 3.8) is 0 Å². The van der Waals surface area contributed by atoms with E-state index < -0.39 is 0 Å². The van der Waals surface area contributed by atoms with Gasteiger partial charge in [-0.2, -0.15) is 0 Å². The lowest BCUT2D eigenvalue weighted by molar-refractivity contribution is 0.527. The number of aryl methyl sites for hydroxylation is 1. The Morgan fingerprint density at radius 1 is 1.55 bits per heavy atom. The molecule has 0 bridgehead atoms. The van der Waals surface area contributed by atoms with Crippen LogP contribution in [-0.2, 0) is 0 Å². The van der Waals surface area contributed by atoms with E-state index in [-0.39, 0.29) is 0 Å². The second-order valence-electron chi connectivity index (χ2n) is 2.25.